The van der Waals surface area contributed by atoms with Crippen LogP contribution in [0.1, 0.15) is 15.4 Å². The second kappa shape index (κ2) is 4.73. The molecule has 94 valence electrons. The number of hydrogen-bond acceptors (Lipinski definition) is 4. The van der Waals surface area contributed by atoms with Crippen LogP contribution in [0.5, 0.6) is 5.75 Å². The van der Waals surface area contributed by atoms with E-state index in [2.05, 4.69) is 4.98 Å². The van der Waals surface area contributed by atoms with Gasteiger partial charge in [0.25, 0.3) is 5.91 Å². The van der Waals surface area contributed by atoms with Crippen molar-refractivity contribution in [1.29, 1.82) is 0 Å². The highest BCUT2D eigenvalue weighted by molar-refractivity contribution is 7.17. The molecular weight excluding hydrogens is 255 g/mol. The topological polar surface area (TPSA) is 65.2 Å². The highest BCUT2D eigenvalue weighted by atomic mass is 32.1. The normalized spacial score (nSPS) is 10.4. The van der Waals surface area contributed by atoms with Crippen molar-refractivity contribution < 1.29 is 13.9 Å². The summed E-state index contributed by atoms with van der Waals surface area (Å²) in [5, 5.41) is 0.558. The number of benzene rings is 1. The molecule has 0 aliphatic rings. The summed E-state index contributed by atoms with van der Waals surface area (Å²) in [5.74, 6) is -0.823. The van der Waals surface area contributed by atoms with Gasteiger partial charge in [0.05, 0.1) is 12.8 Å². The van der Waals surface area contributed by atoms with Gasteiger partial charge in [0.2, 0.25) is 0 Å². The zero-order valence-corrected chi connectivity index (χ0v) is 10.7. The van der Waals surface area contributed by atoms with Gasteiger partial charge in [-0.2, -0.15) is 0 Å². The maximum absolute atomic E-state index is 13.6. The van der Waals surface area contributed by atoms with Crippen molar-refractivity contribution in [2.75, 3.05) is 7.11 Å². The minimum Gasteiger partial charge on any atom is -0.494 e. The molecule has 2 N–H and O–H groups in total. The summed E-state index contributed by atoms with van der Waals surface area (Å²) in [6.45, 7) is 1.69. The third-order valence-corrected chi connectivity index (χ3v) is 3.64. The van der Waals surface area contributed by atoms with Crippen molar-refractivity contribution in [2.24, 2.45) is 5.73 Å². The fourth-order valence-electron chi connectivity index (χ4n) is 1.55. The number of nitrogens with two attached hydrogens (primary N) is 1. The Hall–Kier alpha value is -1.95. The highest BCUT2D eigenvalue weighted by Gasteiger charge is 2.14. The lowest BCUT2D eigenvalue weighted by molar-refractivity contribution is 0.100. The number of hydrogen-bond donors (Lipinski definition) is 1. The Morgan fingerprint density at radius 3 is 2.72 bits per heavy atom. The van der Waals surface area contributed by atoms with Gasteiger partial charge in [0, 0.05) is 5.56 Å². The minimum absolute atomic E-state index is 0.169. The van der Waals surface area contributed by atoms with Gasteiger partial charge in [-0.3, -0.25) is 4.79 Å². The number of primary amides is 1. The number of ether oxygens (including phenoxy) is 1. The molecule has 0 aliphatic carbocycles. The summed E-state index contributed by atoms with van der Waals surface area (Å²) in [6.07, 6.45) is 0. The van der Waals surface area contributed by atoms with E-state index in [-0.39, 0.29) is 5.75 Å². The van der Waals surface area contributed by atoms with Gasteiger partial charge in [-0.25, -0.2) is 9.37 Å². The molecule has 6 heteroatoms. The molecule has 0 aliphatic heterocycles. The summed E-state index contributed by atoms with van der Waals surface area (Å²) in [4.78, 5) is 15.7. The summed E-state index contributed by atoms with van der Waals surface area (Å²) in [6, 6.07) is 4.53. The monoisotopic (exact) mass is 266 g/mol. The Kier molecular flexibility index (Phi) is 3.29. The van der Waals surface area contributed by atoms with E-state index in [4.69, 9.17) is 10.5 Å². The third kappa shape index (κ3) is 2.19. The third-order valence-electron chi connectivity index (χ3n) is 2.42. The molecule has 0 radical (unpaired) electrons. The standard InChI is InChI=1S/C12H11FN2O2S/c1-6-10(11(14)16)18-12(15-6)7-3-4-9(17-2)8(13)5-7/h3-5H,1-2H3,(H2,14,16). The largest absolute Gasteiger partial charge is 0.494 e. The molecule has 1 heterocycles. The van der Waals surface area contributed by atoms with Crippen LogP contribution in [-0.2, 0) is 0 Å². The molecule has 4 nitrogen and oxygen atoms in total. The Bertz CT molecular complexity index is 610. The molecule has 2 aromatic rings. The van der Waals surface area contributed by atoms with Crippen LogP contribution in [0.25, 0.3) is 10.6 Å². The Labute approximate surface area is 107 Å². The van der Waals surface area contributed by atoms with E-state index >= 15 is 0 Å². The van der Waals surface area contributed by atoms with Crippen molar-refractivity contribution >= 4 is 17.2 Å². The van der Waals surface area contributed by atoms with Gasteiger partial charge in [0.15, 0.2) is 11.6 Å². The summed E-state index contributed by atoms with van der Waals surface area (Å²) < 4.78 is 18.4. The van der Waals surface area contributed by atoms with Gasteiger partial charge in [-0.1, -0.05) is 0 Å². The first kappa shape index (κ1) is 12.5. The van der Waals surface area contributed by atoms with Crippen molar-refractivity contribution in [3.8, 4) is 16.3 Å². The van der Waals surface area contributed by atoms with Gasteiger partial charge in [-0.15, -0.1) is 11.3 Å². The number of carbonyl (C=O) groups is 1. The van der Waals surface area contributed by atoms with Crippen LogP contribution in [0.4, 0.5) is 4.39 Å². The zero-order valence-electron chi connectivity index (χ0n) is 9.86. The molecule has 0 saturated heterocycles. The predicted molar refractivity (Wildman–Crippen MR) is 67.3 cm³/mol. The number of carbonyl (C=O) groups excluding carboxylic acids is 1. The fourth-order valence-corrected chi connectivity index (χ4v) is 2.46. The first-order valence-corrected chi connectivity index (χ1v) is 5.95. The maximum atomic E-state index is 13.6. The van der Waals surface area contributed by atoms with Crippen LogP contribution >= 0.6 is 11.3 Å². The highest BCUT2D eigenvalue weighted by Crippen LogP contribution is 2.30. The first-order valence-electron chi connectivity index (χ1n) is 5.14. The number of rotatable bonds is 3. The van der Waals surface area contributed by atoms with E-state index in [0.717, 1.165) is 11.3 Å². The van der Waals surface area contributed by atoms with Crippen LogP contribution in [0.15, 0.2) is 18.2 Å². The van der Waals surface area contributed by atoms with E-state index in [1.54, 1.807) is 13.0 Å². The second-order valence-corrected chi connectivity index (χ2v) is 4.65. The van der Waals surface area contributed by atoms with Crippen LogP contribution < -0.4 is 10.5 Å². The number of amides is 1. The number of nitrogens with zero attached hydrogens (tertiary/aromatic N) is 1. The van der Waals surface area contributed by atoms with E-state index in [9.17, 15) is 9.18 Å². The van der Waals surface area contributed by atoms with Gasteiger partial charge in [0.1, 0.15) is 9.88 Å². The van der Waals surface area contributed by atoms with E-state index < -0.39 is 11.7 Å². The Morgan fingerprint density at radius 2 is 2.22 bits per heavy atom. The van der Waals surface area contributed by atoms with E-state index in [1.807, 2.05) is 0 Å². The number of aryl methyl sites for hydroxylation is 1. The Morgan fingerprint density at radius 1 is 1.50 bits per heavy atom. The number of thiazole rings is 1. The van der Waals surface area contributed by atoms with Crippen molar-refractivity contribution in [3.63, 3.8) is 0 Å². The van der Waals surface area contributed by atoms with Crippen molar-refractivity contribution in [2.45, 2.75) is 6.92 Å². The lowest BCUT2D eigenvalue weighted by Gasteiger charge is -2.02. The molecule has 0 spiro atoms. The maximum Gasteiger partial charge on any atom is 0.260 e. The SMILES string of the molecule is COc1ccc(-c2nc(C)c(C(N)=O)s2)cc1F. The fraction of sp³-hybridized carbons (Fsp3) is 0.167. The summed E-state index contributed by atoms with van der Waals surface area (Å²) in [5.41, 5.74) is 6.36. The molecule has 18 heavy (non-hydrogen) atoms. The molecule has 1 amide bonds. The molecular formula is C12H11FN2O2S. The lowest BCUT2D eigenvalue weighted by Crippen LogP contribution is -2.09. The number of methoxy groups -OCH3 is 1. The van der Waals surface area contributed by atoms with Crippen LogP contribution in [0.3, 0.4) is 0 Å². The average Bonchev–Trinajstić information content (AvgIpc) is 2.71. The molecule has 0 atom stereocenters. The van der Waals surface area contributed by atoms with E-state index in [1.165, 1.54) is 19.2 Å². The molecule has 0 unspecified atom stereocenters. The van der Waals surface area contributed by atoms with Gasteiger partial charge >= 0.3 is 0 Å². The average molecular weight is 266 g/mol. The van der Waals surface area contributed by atoms with Crippen LogP contribution in [-0.4, -0.2) is 18.0 Å². The van der Waals surface area contributed by atoms with Gasteiger partial charge < -0.3 is 10.5 Å². The molecule has 0 bridgehead atoms. The molecule has 0 saturated carbocycles. The minimum atomic E-state index is -0.523. The summed E-state index contributed by atoms with van der Waals surface area (Å²) in [7, 11) is 1.40. The quantitative estimate of drug-likeness (QED) is 0.927. The molecule has 1 aromatic carbocycles. The van der Waals surface area contributed by atoms with E-state index in [0.29, 0.717) is 21.1 Å². The summed E-state index contributed by atoms with van der Waals surface area (Å²) >= 11 is 1.15. The molecule has 2 rings (SSSR count). The van der Waals surface area contributed by atoms with Gasteiger partial charge in [-0.05, 0) is 25.1 Å². The van der Waals surface area contributed by atoms with Crippen LogP contribution in [0, 0.1) is 12.7 Å². The molecule has 0 fully saturated rings. The Balaban J connectivity index is 2.46. The number of halogens is 1. The first-order chi connectivity index (χ1) is 8.52. The van der Waals surface area contributed by atoms with Crippen molar-refractivity contribution in [1.82, 2.24) is 4.98 Å². The van der Waals surface area contributed by atoms with Crippen molar-refractivity contribution in [3.05, 3.63) is 34.6 Å². The number of aromatic nitrogens is 1. The second-order valence-electron chi connectivity index (χ2n) is 3.65. The predicted octanol–water partition coefficient (Wildman–Crippen LogP) is 2.37. The lowest BCUT2D eigenvalue weighted by atomic mass is 10.2. The molecule has 1 aromatic heterocycles. The zero-order chi connectivity index (χ0) is 13.3. The smallest absolute Gasteiger partial charge is 0.260 e. The van der Waals surface area contributed by atoms with Crippen LogP contribution in [0.2, 0.25) is 0 Å².